The van der Waals surface area contributed by atoms with Crippen molar-refractivity contribution in [2.24, 2.45) is 7.05 Å². The number of carbonyl (C=O) groups is 2. The number of hydrogen-bond acceptors (Lipinski definition) is 3. The van der Waals surface area contributed by atoms with Gasteiger partial charge in [0, 0.05) is 26.2 Å². The number of nitrogens with one attached hydrogen (secondary N) is 1. The first kappa shape index (κ1) is 12.6. The number of nitrogens with zero attached hydrogens (tertiary/aromatic N) is 3. The van der Waals surface area contributed by atoms with Gasteiger partial charge < -0.3 is 10.2 Å². The minimum Gasteiger partial charge on any atom is -0.342 e. The van der Waals surface area contributed by atoms with E-state index in [-0.39, 0.29) is 11.8 Å². The summed E-state index contributed by atoms with van der Waals surface area (Å²) >= 11 is 0. The molecule has 0 radical (unpaired) electrons. The predicted octanol–water partition coefficient (Wildman–Crippen LogP) is 0.442. The fourth-order valence-electron chi connectivity index (χ4n) is 2.07. The molecule has 1 fully saturated rings. The van der Waals surface area contributed by atoms with Crippen LogP contribution in [0.4, 0.5) is 5.69 Å². The summed E-state index contributed by atoms with van der Waals surface area (Å²) in [7, 11) is 1.80. The molecule has 1 saturated heterocycles. The highest BCUT2D eigenvalue weighted by molar-refractivity contribution is 6.03. The number of carbonyl (C=O) groups excluding carboxylic acids is 2. The van der Waals surface area contributed by atoms with Crippen LogP contribution in [0, 0.1) is 0 Å². The highest BCUT2D eigenvalue weighted by Gasteiger charge is 2.39. The Hall–Kier alpha value is -1.85. The fraction of sp³-hybridized carbons (Fsp3) is 0.583. The molecule has 1 aliphatic rings. The van der Waals surface area contributed by atoms with Crippen molar-refractivity contribution in [2.45, 2.75) is 32.2 Å². The molecule has 6 nitrogen and oxygen atoms in total. The summed E-state index contributed by atoms with van der Waals surface area (Å²) in [6, 6.07) is 0. The molecule has 0 bridgehead atoms. The average Bonchev–Trinajstić information content (AvgIpc) is 2.71. The van der Waals surface area contributed by atoms with E-state index >= 15 is 0 Å². The Morgan fingerprint density at radius 3 is 2.78 bits per heavy atom. The van der Waals surface area contributed by atoms with Crippen LogP contribution in [-0.4, -0.2) is 33.7 Å². The van der Waals surface area contributed by atoms with Gasteiger partial charge in [-0.1, -0.05) is 6.92 Å². The molecule has 1 aliphatic heterocycles. The second kappa shape index (κ2) is 4.44. The van der Waals surface area contributed by atoms with E-state index in [0.717, 1.165) is 5.69 Å². The van der Waals surface area contributed by atoms with E-state index < -0.39 is 5.54 Å². The molecule has 1 atom stereocenters. The van der Waals surface area contributed by atoms with Crippen LogP contribution in [-0.2, 0) is 16.6 Å². The Labute approximate surface area is 106 Å². The van der Waals surface area contributed by atoms with E-state index in [0.29, 0.717) is 19.4 Å². The monoisotopic (exact) mass is 250 g/mol. The Bertz CT molecular complexity index is 482. The lowest BCUT2D eigenvalue weighted by Gasteiger charge is -2.30. The summed E-state index contributed by atoms with van der Waals surface area (Å²) in [5, 5.41) is 6.87. The zero-order valence-corrected chi connectivity index (χ0v) is 10.9. The summed E-state index contributed by atoms with van der Waals surface area (Å²) in [6.07, 6.45) is 4.30. The van der Waals surface area contributed by atoms with Crippen molar-refractivity contribution < 1.29 is 9.59 Å². The summed E-state index contributed by atoms with van der Waals surface area (Å²) in [5.74, 6) is -0.164. The van der Waals surface area contributed by atoms with Crippen LogP contribution in [0.25, 0.3) is 0 Å². The van der Waals surface area contributed by atoms with Crippen LogP contribution in [0.15, 0.2) is 12.4 Å². The van der Waals surface area contributed by atoms with Crippen LogP contribution in [0.5, 0.6) is 0 Å². The summed E-state index contributed by atoms with van der Waals surface area (Å²) < 4.78 is 1.64. The van der Waals surface area contributed by atoms with E-state index in [1.54, 1.807) is 35.9 Å². The SMILES string of the molecule is CCC1(C)NC(=O)CCN(c2cnn(C)c2)C1=O. The lowest BCUT2D eigenvalue weighted by atomic mass is 9.97. The van der Waals surface area contributed by atoms with Crippen LogP contribution in [0.1, 0.15) is 26.7 Å². The standard InChI is InChI=1S/C12H18N4O2/c1-4-12(2)11(18)16(6-5-10(17)14-12)9-7-13-15(3)8-9/h7-8H,4-6H2,1-3H3,(H,14,17). The third-order valence-corrected chi connectivity index (χ3v) is 3.40. The maximum atomic E-state index is 12.5. The minimum atomic E-state index is -0.830. The Morgan fingerprint density at radius 1 is 1.50 bits per heavy atom. The molecule has 6 heteroatoms. The van der Waals surface area contributed by atoms with Gasteiger partial charge in [-0.3, -0.25) is 14.3 Å². The van der Waals surface area contributed by atoms with E-state index in [4.69, 9.17) is 0 Å². The lowest BCUT2D eigenvalue weighted by molar-refractivity contribution is -0.129. The molecule has 2 heterocycles. The summed E-state index contributed by atoms with van der Waals surface area (Å²) in [6.45, 7) is 4.05. The van der Waals surface area contributed by atoms with Gasteiger partial charge in [0.15, 0.2) is 0 Å². The first-order valence-electron chi connectivity index (χ1n) is 6.08. The van der Waals surface area contributed by atoms with Gasteiger partial charge >= 0.3 is 0 Å². The van der Waals surface area contributed by atoms with Crippen molar-refractivity contribution in [1.29, 1.82) is 0 Å². The molecule has 0 aromatic carbocycles. The van der Waals surface area contributed by atoms with Crippen LogP contribution < -0.4 is 10.2 Å². The second-order valence-electron chi connectivity index (χ2n) is 4.81. The molecular weight excluding hydrogens is 232 g/mol. The van der Waals surface area contributed by atoms with Gasteiger partial charge in [0.25, 0.3) is 5.91 Å². The molecule has 1 unspecified atom stereocenters. The Kier molecular flexibility index (Phi) is 3.11. The molecule has 18 heavy (non-hydrogen) atoms. The largest absolute Gasteiger partial charge is 0.342 e. The van der Waals surface area contributed by atoms with Crippen LogP contribution in [0.3, 0.4) is 0 Å². The normalized spacial score (nSPS) is 24.9. The van der Waals surface area contributed by atoms with E-state index in [2.05, 4.69) is 10.4 Å². The molecule has 2 amide bonds. The van der Waals surface area contributed by atoms with E-state index in [1.165, 1.54) is 0 Å². The third-order valence-electron chi connectivity index (χ3n) is 3.40. The van der Waals surface area contributed by atoms with Crippen molar-refractivity contribution in [2.75, 3.05) is 11.4 Å². The van der Waals surface area contributed by atoms with Crippen LogP contribution >= 0.6 is 0 Å². The highest BCUT2D eigenvalue weighted by Crippen LogP contribution is 2.22. The lowest BCUT2D eigenvalue weighted by Crippen LogP contribution is -2.54. The molecule has 98 valence electrons. The fourth-order valence-corrected chi connectivity index (χ4v) is 2.07. The van der Waals surface area contributed by atoms with Crippen molar-refractivity contribution in [3.05, 3.63) is 12.4 Å². The molecule has 1 aromatic rings. The topological polar surface area (TPSA) is 67.2 Å². The van der Waals surface area contributed by atoms with Gasteiger partial charge in [0.2, 0.25) is 5.91 Å². The third kappa shape index (κ3) is 2.10. The number of hydrogen-bond donors (Lipinski definition) is 1. The Morgan fingerprint density at radius 2 is 2.22 bits per heavy atom. The second-order valence-corrected chi connectivity index (χ2v) is 4.81. The number of aryl methyl sites for hydroxylation is 1. The van der Waals surface area contributed by atoms with Gasteiger partial charge in [-0.25, -0.2) is 0 Å². The van der Waals surface area contributed by atoms with Gasteiger partial charge in [0.1, 0.15) is 5.54 Å². The highest BCUT2D eigenvalue weighted by atomic mass is 16.2. The van der Waals surface area contributed by atoms with Crippen molar-refractivity contribution >= 4 is 17.5 Å². The maximum Gasteiger partial charge on any atom is 0.252 e. The van der Waals surface area contributed by atoms with Crippen molar-refractivity contribution in [3.8, 4) is 0 Å². The first-order valence-corrected chi connectivity index (χ1v) is 6.08. The minimum absolute atomic E-state index is 0.0798. The number of aromatic nitrogens is 2. The molecule has 0 spiro atoms. The zero-order chi connectivity index (χ0) is 13.3. The molecule has 2 rings (SSSR count). The molecule has 0 saturated carbocycles. The summed E-state index contributed by atoms with van der Waals surface area (Å²) in [5.41, 5.74) is -0.0951. The molecule has 0 aliphatic carbocycles. The first-order chi connectivity index (χ1) is 8.46. The van der Waals surface area contributed by atoms with Crippen LogP contribution in [0.2, 0.25) is 0 Å². The van der Waals surface area contributed by atoms with Gasteiger partial charge in [-0.15, -0.1) is 0 Å². The number of amides is 2. The summed E-state index contributed by atoms with van der Waals surface area (Å²) in [4.78, 5) is 25.8. The quantitative estimate of drug-likeness (QED) is 0.828. The van der Waals surface area contributed by atoms with Crippen molar-refractivity contribution in [1.82, 2.24) is 15.1 Å². The van der Waals surface area contributed by atoms with E-state index in [9.17, 15) is 9.59 Å². The Balaban J connectivity index is 2.35. The van der Waals surface area contributed by atoms with Gasteiger partial charge in [-0.05, 0) is 13.3 Å². The zero-order valence-electron chi connectivity index (χ0n) is 10.9. The van der Waals surface area contributed by atoms with E-state index in [1.807, 2.05) is 6.92 Å². The van der Waals surface area contributed by atoms with Gasteiger partial charge in [0.05, 0.1) is 11.9 Å². The average molecular weight is 250 g/mol. The molecule has 1 N–H and O–H groups in total. The smallest absolute Gasteiger partial charge is 0.252 e. The van der Waals surface area contributed by atoms with Gasteiger partial charge in [-0.2, -0.15) is 5.10 Å². The molecule has 1 aromatic heterocycles. The van der Waals surface area contributed by atoms with Crippen molar-refractivity contribution in [3.63, 3.8) is 0 Å². The number of rotatable bonds is 2. The molecular formula is C12H18N4O2. The number of anilines is 1. The predicted molar refractivity (Wildman–Crippen MR) is 67.0 cm³/mol. The maximum absolute atomic E-state index is 12.5.